The van der Waals surface area contributed by atoms with Gasteiger partial charge in [-0.05, 0) is 47.7 Å². The van der Waals surface area contributed by atoms with Crippen LogP contribution in [0.15, 0.2) is 36.4 Å². The zero-order valence-corrected chi connectivity index (χ0v) is 19.4. The zero-order chi connectivity index (χ0) is 23.5. The number of carbonyl (C=O) groups excluding carboxylic acids is 3. The normalized spacial score (nSPS) is 18.0. The lowest BCUT2D eigenvalue weighted by Crippen LogP contribution is -2.50. The summed E-state index contributed by atoms with van der Waals surface area (Å²) >= 11 is 0. The molecule has 1 atom stereocenters. The Hall–Kier alpha value is -3.39. The van der Waals surface area contributed by atoms with E-state index >= 15 is 0 Å². The molecule has 3 amide bonds. The van der Waals surface area contributed by atoms with E-state index in [1.54, 1.807) is 0 Å². The fourth-order valence-corrected chi connectivity index (χ4v) is 4.48. The predicted molar refractivity (Wildman–Crippen MR) is 128 cm³/mol. The van der Waals surface area contributed by atoms with Crippen molar-refractivity contribution < 1.29 is 14.4 Å². The molecule has 0 saturated carbocycles. The molecule has 0 aliphatic carbocycles. The third kappa shape index (κ3) is 5.34. The average Bonchev–Trinajstić information content (AvgIpc) is 3.19. The number of imide groups is 1. The minimum atomic E-state index is -0.265. The maximum atomic E-state index is 12.4. The molecule has 8 heteroatoms. The molecule has 1 fully saturated rings. The molecule has 0 bridgehead atoms. The van der Waals surface area contributed by atoms with Crippen LogP contribution in [0.2, 0.25) is 0 Å². The van der Waals surface area contributed by atoms with Crippen molar-refractivity contribution in [2.45, 2.75) is 45.4 Å². The number of fused-ring (bicyclic) bond motifs is 1. The van der Waals surface area contributed by atoms with Gasteiger partial charge in [-0.3, -0.25) is 24.6 Å². The summed E-state index contributed by atoms with van der Waals surface area (Å²) < 4.78 is 0. The summed E-state index contributed by atoms with van der Waals surface area (Å²) in [7, 11) is 4.00. The van der Waals surface area contributed by atoms with Gasteiger partial charge in [0.2, 0.25) is 17.7 Å². The maximum Gasteiger partial charge on any atom is 0.243 e. The van der Waals surface area contributed by atoms with Gasteiger partial charge in [-0.1, -0.05) is 24.3 Å². The van der Waals surface area contributed by atoms with Crippen LogP contribution in [0, 0.1) is 6.92 Å². The highest BCUT2D eigenvalue weighted by Gasteiger charge is 2.34. The Morgan fingerprint density at radius 2 is 1.91 bits per heavy atom. The summed E-state index contributed by atoms with van der Waals surface area (Å²) in [6.07, 6.45) is 0.944. The lowest BCUT2D eigenvalue weighted by atomic mass is 10.0. The Kier molecular flexibility index (Phi) is 6.65. The van der Waals surface area contributed by atoms with Crippen LogP contribution < -0.4 is 20.9 Å². The van der Waals surface area contributed by atoms with Gasteiger partial charge >= 0.3 is 0 Å². The molecule has 2 aromatic rings. The second-order valence-electron chi connectivity index (χ2n) is 9.00. The van der Waals surface area contributed by atoms with Crippen molar-refractivity contribution in [1.82, 2.24) is 15.5 Å². The first-order valence-corrected chi connectivity index (χ1v) is 11.3. The number of anilines is 2. The summed E-state index contributed by atoms with van der Waals surface area (Å²) in [5.41, 5.74) is 6.59. The minimum Gasteiger partial charge on any atom is -0.377 e. The first-order valence-electron chi connectivity index (χ1n) is 11.3. The molecule has 2 aliphatic rings. The topological polar surface area (TPSA) is 93.8 Å². The third-order valence-corrected chi connectivity index (χ3v) is 6.30. The van der Waals surface area contributed by atoms with Crippen LogP contribution in [0.1, 0.15) is 35.1 Å². The van der Waals surface area contributed by atoms with Crippen LogP contribution in [-0.4, -0.2) is 49.3 Å². The van der Waals surface area contributed by atoms with Crippen LogP contribution in [0.4, 0.5) is 11.4 Å². The molecule has 0 aromatic heterocycles. The highest BCUT2D eigenvalue weighted by molar-refractivity contribution is 6.00. The fraction of sp³-hybridized carbons (Fsp3) is 0.400. The molecule has 33 heavy (non-hydrogen) atoms. The molecule has 4 rings (SSSR count). The van der Waals surface area contributed by atoms with E-state index in [-0.39, 0.29) is 30.3 Å². The van der Waals surface area contributed by atoms with E-state index in [2.05, 4.69) is 44.8 Å². The molecular weight excluding hydrogens is 418 g/mol. The quantitative estimate of drug-likeness (QED) is 0.559. The molecule has 2 aliphatic heterocycles. The Morgan fingerprint density at radius 3 is 2.67 bits per heavy atom. The standard InChI is InChI=1S/C25H31N5O3/c1-16-4-7-20(11-22(16)29(2)3)26-13-24(32)27-12-17-5-6-18-14-30(15-19(18)10-17)21-8-9-23(31)28-25(21)33/h4-7,10-11,21,26H,8-9,12-15H2,1-3H3,(H,27,32)(H,28,31,33). The van der Waals surface area contributed by atoms with E-state index in [0.29, 0.717) is 32.5 Å². The molecule has 174 valence electrons. The van der Waals surface area contributed by atoms with E-state index < -0.39 is 0 Å². The monoisotopic (exact) mass is 449 g/mol. The second-order valence-corrected chi connectivity index (χ2v) is 9.00. The number of rotatable bonds is 7. The molecular formula is C25H31N5O3. The van der Waals surface area contributed by atoms with Gasteiger partial charge < -0.3 is 15.5 Å². The van der Waals surface area contributed by atoms with Crippen molar-refractivity contribution in [2.24, 2.45) is 0 Å². The van der Waals surface area contributed by atoms with Crippen molar-refractivity contribution in [2.75, 3.05) is 30.9 Å². The SMILES string of the molecule is Cc1ccc(NCC(=O)NCc2ccc3c(c2)CN(C2CCC(=O)NC2=O)C3)cc1N(C)C. The minimum absolute atomic E-state index is 0.0763. The lowest BCUT2D eigenvalue weighted by Gasteiger charge is -2.29. The smallest absolute Gasteiger partial charge is 0.243 e. The zero-order valence-electron chi connectivity index (χ0n) is 19.4. The summed E-state index contributed by atoms with van der Waals surface area (Å²) in [5.74, 6) is -0.473. The van der Waals surface area contributed by atoms with Gasteiger partial charge in [0.1, 0.15) is 0 Å². The van der Waals surface area contributed by atoms with E-state index in [1.165, 1.54) is 16.7 Å². The number of amides is 3. The molecule has 2 aromatic carbocycles. The molecule has 8 nitrogen and oxygen atoms in total. The Bertz CT molecular complexity index is 1080. The fourth-order valence-electron chi connectivity index (χ4n) is 4.48. The predicted octanol–water partition coefficient (Wildman–Crippen LogP) is 1.91. The first kappa shape index (κ1) is 22.8. The van der Waals surface area contributed by atoms with Crippen LogP contribution in [0.3, 0.4) is 0 Å². The van der Waals surface area contributed by atoms with Crippen molar-refractivity contribution in [3.05, 3.63) is 58.7 Å². The summed E-state index contributed by atoms with van der Waals surface area (Å²) in [5, 5.41) is 8.59. The third-order valence-electron chi connectivity index (χ3n) is 6.30. The molecule has 1 unspecified atom stereocenters. The average molecular weight is 450 g/mol. The highest BCUT2D eigenvalue weighted by atomic mass is 16.2. The first-order chi connectivity index (χ1) is 15.8. The van der Waals surface area contributed by atoms with Gasteiger partial charge in [0.25, 0.3) is 0 Å². The summed E-state index contributed by atoms with van der Waals surface area (Å²) in [4.78, 5) is 40.1. The van der Waals surface area contributed by atoms with Crippen LogP contribution in [0.25, 0.3) is 0 Å². The molecule has 3 N–H and O–H groups in total. The highest BCUT2D eigenvalue weighted by Crippen LogP contribution is 2.28. The van der Waals surface area contributed by atoms with Gasteiger partial charge in [-0.15, -0.1) is 0 Å². The Balaban J connectivity index is 1.28. The number of nitrogens with zero attached hydrogens (tertiary/aromatic N) is 2. The summed E-state index contributed by atoms with van der Waals surface area (Å²) in [6.45, 7) is 4.08. The van der Waals surface area contributed by atoms with E-state index in [4.69, 9.17) is 0 Å². The van der Waals surface area contributed by atoms with Crippen LogP contribution >= 0.6 is 0 Å². The number of aryl methyl sites for hydroxylation is 1. The maximum absolute atomic E-state index is 12.4. The number of benzene rings is 2. The van der Waals surface area contributed by atoms with Gasteiger partial charge in [-0.25, -0.2) is 0 Å². The largest absolute Gasteiger partial charge is 0.377 e. The van der Waals surface area contributed by atoms with Crippen molar-refractivity contribution in [3.63, 3.8) is 0 Å². The van der Waals surface area contributed by atoms with Gasteiger partial charge in [0.05, 0.1) is 12.6 Å². The second kappa shape index (κ2) is 9.62. The number of piperidine rings is 1. The number of nitrogens with one attached hydrogen (secondary N) is 3. The molecule has 0 spiro atoms. The Morgan fingerprint density at radius 1 is 1.12 bits per heavy atom. The number of hydrogen-bond donors (Lipinski definition) is 3. The van der Waals surface area contributed by atoms with Gasteiger partial charge in [0.15, 0.2) is 0 Å². The number of carbonyl (C=O) groups is 3. The molecule has 2 heterocycles. The van der Waals surface area contributed by atoms with Crippen molar-refractivity contribution in [1.29, 1.82) is 0 Å². The van der Waals surface area contributed by atoms with Crippen LogP contribution in [-0.2, 0) is 34.0 Å². The molecule has 1 saturated heterocycles. The van der Waals surface area contributed by atoms with E-state index in [0.717, 1.165) is 16.9 Å². The van der Waals surface area contributed by atoms with Crippen molar-refractivity contribution in [3.8, 4) is 0 Å². The van der Waals surface area contributed by atoms with E-state index in [9.17, 15) is 14.4 Å². The van der Waals surface area contributed by atoms with E-state index in [1.807, 2.05) is 38.4 Å². The van der Waals surface area contributed by atoms with Crippen molar-refractivity contribution >= 4 is 29.1 Å². The lowest BCUT2D eigenvalue weighted by molar-refractivity contribution is -0.137. The molecule has 0 radical (unpaired) electrons. The van der Waals surface area contributed by atoms with Crippen LogP contribution in [0.5, 0.6) is 0 Å². The number of hydrogen-bond acceptors (Lipinski definition) is 6. The van der Waals surface area contributed by atoms with Gasteiger partial charge in [-0.2, -0.15) is 0 Å². The Labute approximate surface area is 194 Å². The summed E-state index contributed by atoms with van der Waals surface area (Å²) in [6, 6.07) is 12.0. The van der Waals surface area contributed by atoms with Gasteiger partial charge in [0, 0.05) is 51.5 Å².